The summed E-state index contributed by atoms with van der Waals surface area (Å²) in [6.45, 7) is 13.4. The highest BCUT2D eigenvalue weighted by atomic mass is 19.1. The second-order valence-corrected chi connectivity index (χ2v) is 24.5. The van der Waals surface area contributed by atoms with Gasteiger partial charge in [-0.15, -0.1) is 0 Å². The van der Waals surface area contributed by atoms with E-state index in [2.05, 4.69) is 47.5 Å². The predicted molar refractivity (Wildman–Crippen MR) is 327 cm³/mol. The molecule has 5 heterocycles. The number of carbonyl (C=O) groups is 9. The third-order valence-electron chi connectivity index (χ3n) is 16.9. The van der Waals surface area contributed by atoms with Gasteiger partial charge in [0.2, 0.25) is 47.3 Å². The third kappa shape index (κ3) is 16.0. The summed E-state index contributed by atoms with van der Waals surface area (Å²) in [6, 6.07) is -3.31. The molecule has 27 nitrogen and oxygen atoms in total. The number of halogens is 1. The van der Waals surface area contributed by atoms with E-state index in [9.17, 15) is 53.1 Å². The Bertz CT molecular complexity index is 3310. The molecule has 2 aromatic heterocycles. The number of fused-ring (bicyclic) bond motifs is 5. The van der Waals surface area contributed by atoms with Crippen LogP contribution in [0.1, 0.15) is 152 Å². The highest BCUT2D eigenvalue weighted by Gasteiger charge is 2.46. The molecule has 3 aliphatic heterocycles. The number of carbonyl (C=O) groups excluding carboxylic acids is 9. The van der Waals surface area contributed by atoms with Crippen LogP contribution in [-0.2, 0) is 73.1 Å². The van der Waals surface area contributed by atoms with E-state index in [0.717, 1.165) is 0 Å². The number of benzene rings is 1. The molecule has 0 saturated carbocycles. The van der Waals surface area contributed by atoms with Gasteiger partial charge in [-0.3, -0.25) is 48.1 Å². The largest absolute Gasteiger partial charge is 0.458 e. The summed E-state index contributed by atoms with van der Waals surface area (Å²) in [5, 5.41) is 34.3. The molecule has 7 atom stereocenters. The van der Waals surface area contributed by atoms with Crippen LogP contribution >= 0.6 is 0 Å². The van der Waals surface area contributed by atoms with Crippen molar-refractivity contribution in [2.45, 2.75) is 187 Å². The van der Waals surface area contributed by atoms with Crippen molar-refractivity contribution in [2.24, 2.45) is 34.0 Å². The van der Waals surface area contributed by atoms with Crippen molar-refractivity contribution in [2.75, 3.05) is 39.3 Å². The number of ether oxygens (including phenoxy) is 1. The summed E-state index contributed by atoms with van der Waals surface area (Å²) >= 11 is 0. The SMILES string of the molecule is CC[C@@]1(O)C(=O)OCc2c1cc1n(c2=O)Cc2c-1nc1cc(F)c(C)c3c1c2[C@@H](NC(=O)[C@H](CCCCN)NC(=O)CNC(=O)[C@H](CCCN=C(N)N)NC(=O)[C@@H](NC(=O)CNC(=O)[C@H](CC(C)C)NC(=O)[C@@H]1CCCN1C(=O)CNC(C)C)C(C)C)CC3. The quantitative estimate of drug-likeness (QED) is 0.0143. The zero-order valence-corrected chi connectivity index (χ0v) is 52.1. The van der Waals surface area contributed by atoms with Gasteiger partial charge in [-0.2, -0.15) is 0 Å². The number of aliphatic imine (C=N–C) groups is 1. The molecule has 7 rings (SSSR count). The number of amides is 8. The fourth-order valence-corrected chi connectivity index (χ4v) is 12.1. The van der Waals surface area contributed by atoms with E-state index in [1.54, 1.807) is 33.8 Å². The van der Waals surface area contributed by atoms with E-state index >= 15 is 4.39 Å². The number of nitrogens with one attached hydrogen (secondary N) is 8. The second-order valence-electron chi connectivity index (χ2n) is 24.5. The van der Waals surface area contributed by atoms with Gasteiger partial charge in [0, 0.05) is 41.7 Å². The minimum atomic E-state index is -2.09. The fraction of sp³-hybridized carbons (Fsp3) is 0.607. The van der Waals surface area contributed by atoms with E-state index in [-0.39, 0.29) is 98.8 Å². The first-order valence-electron chi connectivity index (χ1n) is 30.8. The number of aliphatic hydroxyl groups is 1. The van der Waals surface area contributed by atoms with Crippen LogP contribution in [0, 0.1) is 24.6 Å². The number of nitrogens with zero attached hydrogens (tertiary/aromatic N) is 4. The Labute approximate surface area is 516 Å². The lowest BCUT2D eigenvalue weighted by atomic mass is 9.81. The smallest absolute Gasteiger partial charge is 0.343 e. The number of unbranched alkanes of at least 4 members (excludes halogenated alkanes) is 1. The second kappa shape index (κ2) is 29.9. The standard InChI is InChI=1S/C61H88FN15O12/c1-9-61(88)37-23-45-52-35(28-77(45)58(86)36(37)29-89-59(61)87)50-39(18-17-34-33(8)38(62)24-42(71-52)49(34)50)72-55(83)41(14-10-11-19-63)70-46(78)25-68-53(81)40(15-12-20-66-60(64)65)73-57(85)51(31(4)5)75-47(79)26-69-54(82)43(22-30(2)3)74-56(84)44-16-13-21-76(44)48(80)27-67-32(6)7/h23-24,30-32,39-41,43-44,51,67,88H,9-22,25-29,63H2,1-8H3,(H,68,81)(H,69,82)(H,70,78)(H,72,83)(H,73,85)(H,74,84)(H,75,79)(H4,64,65,66)/t39-,40-,41-,43-,44-,51-,61-/m0/s1. The first-order valence-corrected chi connectivity index (χ1v) is 30.8. The zero-order chi connectivity index (χ0) is 65.2. The molecule has 0 unspecified atom stereocenters. The monoisotopic (exact) mass is 1240 g/mol. The van der Waals surface area contributed by atoms with E-state index in [4.69, 9.17) is 26.9 Å². The highest BCUT2D eigenvalue weighted by molar-refractivity contribution is 5.98. The van der Waals surface area contributed by atoms with Crippen molar-refractivity contribution < 1.29 is 57.4 Å². The summed E-state index contributed by atoms with van der Waals surface area (Å²) in [4.78, 5) is 148. The Kier molecular flexibility index (Phi) is 23.0. The highest BCUT2D eigenvalue weighted by Crippen LogP contribution is 2.46. The van der Waals surface area contributed by atoms with Gasteiger partial charge in [-0.1, -0.05) is 48.5 Å². The van der Waals surface area contributed by atoms with E-state index in [1.807, 2.05) is 27.7 Å². The van der Waals surface area contributed by atoms with Crippen molar-refractivity contribution in [1.82, 2.24) is 57.0 Å². The number of pyridine rings is 2. The number of nitrogens with two attached hydrogens (primary N) is 3. The van der Waals surface area contributed by atoms with E-state index < -0.39 is 120 Å². The van der Waals surface area contributed by atoms with Crippen molar-refractivity contribution in [3.8, 4) is 11.4 Å². The van der Waals surface area contributed by atoms with Gasteiger partial charge in [-0.25, -0.2) is 14.2 Å². The molecule has 0 radical (unpaired) electrons. The van der Waals surface area contributed by atoms with Crippen LogP contribution in [-0.4, -0.2) is 154 Å². The van der Waals surface area contributed by atoms with Crippen molar-refractivity contribution >= 4 is 70.1 Å². The van der Waals surface area contributed by atoms with Crippen molar-refractivity contribution in [3.05, 3.63) is 61.7 Å². The molecule has 28 heteroatoms. The van der Waals surface area contributed by atoms with Gasteiger partial charge in [0.15, 0.2) is 11.6 Å². The average Bonchev–Trinajstić information content (AvgIpc) is 1.65. The molecule has 0 bridgehead atoms. The van der Waals surface area contributed by atoms with Gasteiger partial charge >= 0.3 is 5.97 Å². The molecule has 1 fully saturated rings. The van der Waals surface area contributed by atoms with E-state index in [1.165, 1.54) is 15.5 Å². The Morgan fingerprint density at radius 3 is 2.16 bits per heavy atom. The van der Waals surface area contributed by atoms with Crippen LogP contribution in [0.25, 0.3) is 22.3 Å². The molecule has 15 N–H and O–H groups in total. The van der Waals surface area contributed by atoms with Gasteiger partial charge in [-0.05, 0) is 119 Å². The van der Waals surface area contributed by atoms with Gasteiger partial charge in [0.05, 0.1) is 54.7 Å². The number of rotatable bonds is 29. The van der Waals surface area contributed by atoms with E-state index in [0.29, 0.717) is 90.6 Å². The predicted octanol–water partition coefficient (Wildman–Crippen LogP) is -0.324. The molecule has 4 aliphatic rings. The zero-order valence-electron chi connectivity index (χ0n) is 52.1. The van der Waals surface area contributed by atoms with Crippen LogP contribution in [0.3, 0.4) is 0 Å². The summed E-state index contributed by atoms with van der Waals surface area (Å²) < 4.78 is 22.4. The Morgan fingerprint density at radius 1 is 0.831 bits per heavy atom. The fourth-order valence-electron chi connectivity index (χ4n) is 12.1. The normalized spacial score (nSPS) is 18.6. The summed E-state index contributed by atoms with van der Waals surface area (Å²) in [5.74, 6) is -7.18. The van der Waals surface area contributed by atoms with Crippen molar-refractivity contribution in [3.63, 3.8) is 0 Å². The first kappa shape index (κ1) is 68.4. The Balaban J connectivity index is 1.02. The van der Waals surface area contributed by atoms with Crippen LogP contribution in [0.2, 0.25) is 0 Å². The van der Waals surface area contributed by atoms with Gasteiger partial charge in [0.25, 0.3) is 5.56 Å². The van der Waals surface area contributed by atoms with Crippen LogP contribution < -0.4 is 65.3 Å². The molecule has 1 aromatic carbocycles. The average molecular weight is 1240 g/mol. The molecule has 8 amide bonds. The molecule has 3 aromatic rings. The van der Waals surface area contributed by atoms with Crippen LogP contribution in [0.15, 0.2) is 21.9 Å². The Hall–Kier alpha value is -8.11. The van der Waals surface area contributed by atoms with Gasteiger partial charge < -0.3 is 79.0 Å². The summed E-state index contributed by atoms with van der Waals surface area (Å²) in [7, 11) is 0. The number of aryl methyl sites for hydroxylation is 1. The topological polar surface area (TPSA) is 408 Å². The van der Waals surface area contributed by atoms with Crippen LogP contribution in [0.4, 0.5) is 4.39 Å². The lowest BCUT2D eigenvalue weighted by Crippen LogP contribution is -2.58. The molecule has 1 aliphatic carbocycles. The Morgan fingerprint density at radius 2 is 1.51 bits per heavy atom. The third-order valence-corrected chi connectivity index (χ3v) is 16.9. The number of likely N-dealkylation sites (tertiary alicyclic amines) is 1. The van der Waals surface area contributed by atoms with Crippen LogP contribution in [0.5, 0.6) is 0 Å². The number of guanidine groups is 1. The lowest BCUT2D eigenvalue weighted by molar-refractivity contribution is -0.172. The maximum Gasteiger partial charge on any atom is 0.343 e. The molecule has 486 valence electrons. The minimum Gasteiger partial charge on any atom is -0.458 e. The maximum absolute atomic E-state index is 15.7. The molecule has 1 saturated heterocycles. The van der Waals surface area contributed by atoms with Gasteiger partial charge in [0.1, 0.15) is 42.6 Å². The maximum atomic E-state index is 15.7. The molecular weight excluding hydrogens is 1150 g/mol. The van der Waals surface area contributed by atoms with Crippen molar-refractivity contribution in [1.29, 1.82) is 0 Å². The molecular formula is C61H88FN15O12. The minimum absolute atomic E-state index is 0.000410. The number of aromatic nitrogens is 2. The number of cyclic esters (lactones) is 1. The summed E-state index contributed by atoms with van der Waals surface area (Å²) in [6.07, 6.45) is 3.05. The molecule has 0 spiro atoms. The number of hydrogen-bond acceptors (Lipinski definition) is 16. The summed E-state index contributed by atoms with van der Waals surface area (Å²) in [5.41, 5.74) is 17.7. The lowest BCUT2D eigenvalue weighted by Gasteiger charge is -2.31. The number of esters is 1. The number of hydrogen-bond donors (Lipinski definition) is 12. The first-order chi connectivity index (χ1) is 42.2. The molecule has 89 heavy (non-hydrogen) atoms.